The molecule has 26 heavy (non-hydrogen) atoms. The van der Waals surface area contributed by atoms with E-state index in [1.54, 1.807) is 12.1 Å². The molecule has 2 aromatic carbocycles. The summed E-state index contributed by atoms with van der Waals surface area (Å²) >= 11 is 0. The van der Waals surface area contributed by atoms with Gasteiger partial charge in [-0.05, 0) is 48.1 Å². The number of rotatable bonds is 2. The maximum Gasteiger partial charge on any atom is 0.252 e. The van der Waals surface area contributed by atoms with Crippen molar-refractivity contribution < 1.29 is 13.9 Å². The first-order chi connectivity index (χ1) is 12.6. The van der Waals surface area contributed by atoms with E-state index in [-0.39, 0.29) is 23.8 Å². The van der Waals surface area contributed by atoms with E-state index < -0.39 is 6.10 Å². The van der Waals surface area contributed by atoms with E-state index >= 15 is 0 Å². The number of halogens is 1. The predicted octanol–water partition coefficient (Wildman–Crippen LogP) is 2.81. The number of hydrogen-bond donors (Lipinski definition) is 1. The Bertz CT molecular complexity index is 785. The molecule has 0 bridgehead atoms. The maximum absolute atomic E-state index is 13.4. The molecule has 0 radical (unpaired) electrons. The van der Waals surface area contributed by atoms with Crippen molar-refractivity contribution in [3.05, 3.63) is 71.0 Å². The Kier molecular flexibility index (Phi) is 4.74. The zero-order valence-corrected chi connectivity index (χ0v) is 14.6. The molecule has 1 amide bonds. The maximum atomic E-state index is 13.4. The van der Waals surface area contributed by atoms with Crippen LogP contribution in [0.4, 0.5) is 4.39 Å². The molecule has 3 atom stereocenters. The van der Waals surface area contributed by atoms with Crippen LogP contribution in [0.15, 0.2) is 48.5 Å². The van der Waals surface area contributed by atoms with Crippen LogP contribution < -0.4 is 5.73 Å². The van der Waals surface area contributed by atoms with Gasteiger partial charge < -0.3 is 15.4 Å². The van der Waals surface area contributed by atoms with E-state index in [9.17, 15) is 9.18 Å². The number of carbonyl (C=O) groups excluding carboxylic acids is 1. The SMILES string of the molecule is N[C@H]1CC[C@@H](C(=O)N2CCc3ccccc3[C@@H]2c2ccc(F)cc2)OC1. The van der Waals surface area contributed by atoms with Crippen molar-refractivity contribution in [1.82, 2.24) is 4.90 Å². The van der Waals surface area contributed by atoms with Gasteiger partial charge in [-0.1, -0.05) is 36.4 Å². The van der Waals surface area contributed by atoms with Crippen LogP contribution in [0.1, 0.15) is 35.6 Å². The molecule has 1 fully saturated rings. The van der Waals surface area contributed by atoms with Crippen molar-refractivity contribution in [2.45, 2.75) is 37.5 Å². The average Bonchev–Trinajstić information content (AvgIpc) is 2.68. The minimum Gasteiger partial charge on any atom is -0.367 e. The van der Waals surface area contributed by atoms with Crippen LogP contribution in [0.3, 0.4) is 0 Å². The molecule has 2 aliphatic rings. The fourth-order valence-electron chi connectivity index (χ4n) is 3.96. The minimum absolute atomic E-state index is 0.000674. The number of carbonyl (C=O) groups is 1. The largest absolute Gasteiger partial charge is 0.367 e. The van der Waals surface area contributed by atoms with Crippen molar-refractivity contribution in [3.63, 3.8) is 0 Å². The first-order valence-corrected chi connectivity index (χ1v) is 9.14. The summed E-state index contributed by atoms with van der Waals surface area (Å²) in [5, 5.41) is 0. The molecule has 1 saturated heterocycles. The molecule has 0 aliphatic carbocycles. The van der Waals surface area contributed by atoms with E-state index in [0.29, 0.717) is 19.6 Å². The number of amides is 1. The summed E-state index contributed by atoms with van der Waals surface area (Å²) in [4.78, 5) is 15.1. The molecule has 0 saturated carbocycles. The van der Waals surface area contributed by atoms with Crippen LogP contribution in [-0.4, -0.2) is 36.1 Å². The highest BCUT2D eigenvalue weighted by atomic mass is 19.1. The van der Waals surface area contributed by atoms with Gasteiger partial charge in [0, 0.05) is 12.6 Å². The zero-order valence-electron chi connectivity index (χ0n) is 14.6. The van der Waals surface area contributed by atoms with Gasteiger partial charge in [-0.3, -0.25) is 4.79 Å². The van der Waals surface area contributed by atoms with Gasteiger partial charge >= 0.3 is 0 Å². The summed E-state index contributed by atoms with van der Waals surface area (Å²) in [6, 6.07) is 14.4. The van der Waals surface area contributed by atoms with Crippen LogP contribution in [0.2, 0.25) is 0 Å². The quantitative estimate of drug-likeness (QED) is 0.902. The molecule has 5 heteroatoms. The molecule has 0 aromatic heterocycles. The number of nitrogens with two attached hydrogens (primary N) is 1. The van der Waals surface area contributed by atoms with Crippen LogP contribution in [0.5, 0.6) is 0 Å². The van der Waals surface area contributed by atoms with Gasteiger partial charge in [0.05, 0.1) is 12.6 Å². The summed E-state index contributed by atoms with van der Waals surface area (Å²) in [6.45, 7) is 1.05. The lowest BCUT2D eigenvalue weighted by Gasteiger charge is -2.40. The Labute approximate surface area is 152 Å². The van der Waals surface area contributed by atoms with Gasteiger partial charge in [0.15, 0.2) is 0 Å². The highest BCUT2D eigenvalue weighted by molar-refractivity contribution is 5.82. The molecule has 4 rings (SSSR count). The second kappa shape index (κ2) is 7.17. The Morgan fingerprint density at radius 1 is 1.12 bits per heavy atom. The molecule has 2 aromatic rings. The van der Waals surface area contributed by atoms with Crippen molar-refractivity contribution in [3.8, 4) is 0 Å². The second-order valence-electron chi connectivity index (χ2n) is 7.09. The van der Waals surface area contributed by atoms with Crippen molar-refractivity contribution in [2.75, 3.05) is 13.2 Å². The molecule has 0 spiro atoms. The molecule has 2 N–H and O–H groups in total. The van der Waals surface area contributed by atoms with Gasteiger partial charge in [0.2, 0.25) is 0 Å². The molecular weight excluding hydrogens is 331 g/mol. The Hall–Kier alpha value is -2.24. The van der Waals surface area contributed by atoms with Crippen molar-refractivity contribution >= 4 is 5.91 Å². The van der Waals surface area contributed by atoms with Gasteiger partial charge in [-0.2, -0.15) is 0 Å². The number of nitrogens with zero attached hydrogens (tertiary/aromatic N) is 1. The molecule has 4 nitrogen and oxygen atoms in total. The molecule has 0 unspecified atom stereocenters. The minimum atomic E-state index is -0.442. The van der Waals surface area contributed by atoms with Crippen LogP contribution in [0, 0.1) is 5.82 Å². The number of ether oxygens (including phenoxy) is 1. The fraction of sp³-hybridized carbons (Fsp3) is 0.381. The van der Waals surface area contributed by atoms with E-state index in [1.807, 2.05) is 17.0 Å². The Morgan fingerprint density at radius 3 is 2.62 bits per heavy atom. The predicted molar refractivity (Wildman–Crippen MR) is 97.1 cm³/mol. The summed E-state index contributed by atoms with van der Waals surface area (Å²) in [5.41, 5.74) is 9.14. The first kappa shape index (κ1) is 17.2. The summed E-state index contributed by atoms with van der Waals surface area (Å²) < 4.78 is 19.1. The molecular formula is C21H23FN2O2. The fourth-order valence-corrected chi connectivity index (χ4v) is 3.96. The number of fused-ring (bicyclic) bond motifs is 1. The van der Waals surface area contributed by atoms with Gasteiger partial charge in [0.1, 0.15) is 11.9 Å². The lowest BCUT2D eigenvalue weighted by molar-refractivity contribution is -0.149. The van der Waals surface area contributed by atoms with E-state index in [4.69, 9.17) is 10.5 Å². The highest BCUT2D eigenvalue weighted by Crippen LogP contribution is 2.36. The van der Waals surface area contributed by atoms with Crippen LogP contribution in [-0.2, 0) is 16.0 Å². The lowest BCUT2D eigenvalue weighted by Crippen LogP contribution is -2.49. The second-order valence-corrected chi connectivity index (χ2v) is 7.09. The van der Waals surface area contributed by atoms with Gasteiger partial charge in [-0.15, -0.1) is 0 Å². The van der Waals surface area contributed by atoms with Crippen molar-refractivity contribution in [1.29, 1.82) is 0 Å². The third-order valence-electron chi connectivity index (χ3n) is 5.34. The Morgan fingerprint density at radius 2 is 1.88 bits per heavy atom. The van der Waals surface area contributed by atoms with Crippen molar-refractivity contribution in [2.24, 2.45) is 5.73 Å². The Balaban J connectivity index is 1.68. The average molecular weight is 354 g/mol. The third kappa shape index (κ3) is 3.24. The van der Waals surface area contributed by atoms with Gasteiger partial charge in [-0.25, -0.2) is 4.39 Å². The lowest BCUT2D eigenvalue weighted by atomic mass is 9.87. The monoisotopic (exact) mass is 354 g/mol. The topological polar surface area (TPSA) is 55.6 Å². The third-order valence-corrected chi connectivity index (χ3v) is 5.34. The van der Waals surface area contributed by atoms with Crippen LogP contribution in [0.25, 0.3) is 0 Å². The normalized spacial score (nSPS) is 25.6. The van der Waals surface area contributed by atoms with Gasteiger partial charge in [0.25, 0.3) is 5.91 Å². The smallest absolute Gasteiger partial charge is 0.252 e. The first-order valence-electron chi connectivity index (χ1n) is 9.14. The number of hydrogen-bond acceptors (Lipinski definition) is 3. The summed E-state index contributed by atoms with van der Waals surface area (Å²) in [7, 11) is 0. The standard InChI is InChI=1S/C21H23FN2O2/c22-16-7-5-15(6-8-16)20-18-4-2-1-3-14(18)11-12-24(20)21(25)19-10-9-17(23)13-26-19/h1-8,17,19-20H,9-13,23H2/t17-,19-,20-/m0/s1. The van der Waals surface area contributed by atoms with E-state index in [1.165, 1.54) is 17.7 Å². The van der Waals surface area contributed by atoms with Crippen LogP contribution >= 0.6 is 0 Å². The highest BCUT2D eigenvalue weighted by Gasteiger charge is 2.36. The van der Waals surface area contributed by atoms with E-state index in [0.717, 1.165) is 24.0 Å². The zero-order chi connectivity index (χ0) is 18.1. The summed E-state index contributed by atoms with van der Waals surface area (Å²) in [6.07, 6.45) is 1.81. The molecule has 2 heterocycles. The number of benzene rings is 2. The molecule has 2 aliphatic heterocycles. The summed E-state index contributed by atoms with van der Waals surface area (Å²) in [5.74, 6) is -0.277. The molecule has 136 valence electrons. The van der Waals surface area contributed by atoms with E-state index in [2.05, 4.69) is 12.1 Å².